The lowest BCUT2D eigenvalue weighted by atomic mass is 9.66. The molecule has 0 aliphatic heterocycles. The molecule has 0 bridgehead atoms. The van der Waals surface area contributed by atoms with Gasteiger partial charge in [0.2, 0.25) is 0 Å². The number of hydrogen-bond donors (Lipinski definition) is 0. The zero-order valence-electron chi connectivity index (χ0n) is 9.90. The van der Waals surface area contributed by atoms with Crippen LogP contribution in [0.3, 0.4) is 0 Å². The molecule has 2 saturated carbocycles. The first kappa shape index (κ1) is 17.4. The van der Waals surface area contributed by atoms with Crippen LogP contribution in [-0.2, 0) is 0 Å². The minimum absolute atomic E-state index is 0. The van der Waals surface area contributed by atoms with Crippen molar-refractivity contribution < 1.29 is 0 Å². The summed E-state index contributed by atoms with van der Waals surface area (Å²) in [7, 11) is 0. The molecular weight excluding hydrogens is 180 g/mol. The van der Waals surface area contributed by atoms with E-state index in [1.807, 2.05) is 13.8 Å². The van der Waals surface area contributed by atoms with Crippen LogP contribution in [0.4, 0.5) is 0 Å². The molecule has 15 heavy (non-hydrogen) atoms. The summed E-state index contributed by atoms with van der Waals surface area (Å²) in [5.74, 6) is 2.10. The maximum atomic E-state index is 2.54. The van der Waals surface area contributed by atoms with Gasteiger partial charge in [-0.3, -0.25) is 0 Å². The van der Waals surface area contributed by atoms with Crippen molar-refractivity contribution in [1.82, 2.24) is 0 Å². The highest BCUT2D eigenvalue weighted by atomic mass is 14.5. The summed E-state index contributed by atoms with van der Waals surface area (Å²) in [6.45, 7) is 9.00. The van der Waals surface area contributed by atoms with Gasteiger partial charge in [-0.2, -0.15) is 0 Å². The molecule has 0 nitrogen and oxygen atoms in total. The van der Waals surface area contributed by atoms with Crippen molar-refractivity contribution in [2.24, 2.45) is 17.3 Å². The van der Waals surface area contributed by atoms with Crippen molar-refractivity contribution in [2.75, 3.05) is 0 Å². The van der Waals surface area contributed by atoms with E-state index in [-0.39, 0.29) is 14.9 Å². The molecule has 2 aliphatic carbocycles. The van der Waals surface area contributed by atoms with Gasteiger partial charge in [-0.15, -0.1) is 0 Å². The van der Waals surface area contributed by atoms with Gasteiger partial charge in [0.15, 0.2) is 0 Å². The topological polar surface area (TPSA) is 0 Å². The second kappa shape index (κ2) is 7.30. The third kappa shape index (κ3) is 3.23. The van der Waals surface area contributed by atoms with E-state index in [4.69, 9.17) is 0 Å². The van der Waals surface area contributed by atoms with Gasteiger partial charge < -0.3 is 0 Å². The Morgan fingerprint density at radius 2 is 1.53 bits per heavy atom. The first-order valence-corrected chi connectivity index (χ1v) is 6.23. The SMILES string of the molecule is C.C.CC.CC1CCC2CCCC[C@]12C. The Bertz CT molecular complexity index is 148. The van der Waals surface area contributed by atoms with Crippen molar-refractivity contribution in [3.05, 3.63) is 0 Å². The lowest BCUT2D eigenvalue weighted by molar-refractivity contribution is 0.109. The second-order valence-electron chi connectivity index (χ2n) is 4.93. The Hall–Kier alpha value is 0. The van der Waals surface area contributed by atoms with Crippen molar-refractivity contribution in [3.63, 3.8) is 0 Å². The van der Waals surface area contributed by atoms with Crippen molar-refractivity contribution in [3.8, 4) is 0 Å². The summed E-state index contributed by atoms with van der Waals surface area (Å²) in [4.78, 5) is 0. The highest BCUT2D eigenvalue weighted by Gasteiger charge is 2.44. The molecule has 94 valence electrons. The fraction of sp³-hybridized carbons (Fsp3) is 1.00. The third-order valence-corrected chi connectivity index (χ3v) is 4.52. The van der Waals surface area contributed by atoms with Crippen LogP contribution >= 0.6 is 0 Å². The van der Waals surface area contributed by atoms with Crippen LogP contribution in [0.2, 0.25) is 0 Å². The molecule has 0 spiro atoms. The summed E-state index contributed by atoms with van der Waals surface area (Å²) < 4.78 is 0. The average Bonchev–Trinajstić information content (AvgIpc) is 2.47. The van der Waals surface area contributed by atoms with Crippen LogP contribution in [0.25, 0.3) is 0 Å². The van der Waals surface area contributed by atoms with Crippen molar-refractivity contribution in [2.45, 2.75) is 81.1 Å². The predicted octanol–water partition coefficient (Wildman–Crippen LogP) is 5.91. The molecular formula is C15H34. The van der Waals surface area contributed by atoms with E-state index >= 15 is 0 Å². The zero-order valence-corrected chi connectivity index (χ0v) is 9.90. The van der Waals surface area contributed by atoms with Crippen LogP contribution in [0.15, 0.2) is 0 Å². The monoisotopic (exact) mass is 214 g/mol. The highest BCUT2D eigenvalue weighted by molar-refractivity contribution is 4.95. The van der Waals surface area contributed by atoms with Gasteiger partial charge in [0.25, 0.3) is 0 Å². The van der Waals surface area contributed by atoms with Gasteiger partial charge in [-0.1, -0.05) is 55.4 Å². The maximum Gasteiger partial charge on any atom is -0.0272 e. The molecule has 2 fully saturated rings. The molecule has 0 N–H and O–H groups in total. The van der Waals surface area contributed by atoms with Crippen LogP contribution in [0.1, 0.15) is 81.1 Å². The van der Waals surface area contributed by atoms with Gasteiger partial charge in [0, 0.05) is 0 Å². The van der Waals surface area contributed by atoms with E-state index in [0.717, 1.165) is 17.3 Å². The summed E-state index contributed by atoms with van der Waals surface area (Å²) in [6.07, 6.45) is 9.07. The third-order valence-electron chi connectivity index (χ3n) is 4.52. The molecule has 0 heterocycles. The Labute approximate surface area is 98.9 Å². The largest absolute Gasteiger partial charge is 0.0776 e. The Kier molecular flexibility index (Phi) is 8.47. The normalized spacial score (nSPS) is 37.6. The van der Waals surface area contributed by atoms with Crippen molar-refractivity contribution in [1.29, 1.82) is 0 Å². The minimum Gasteiger partial charge on any atom is -0.0776 e. The molecule has 2 unspecified atom stereocenters. The molecule has 2 aliphatic rings. The van der Waals surface area contributed by atoms with Crippen LogP contribution in [0.5, 0.6) is 0 Å². The van der Waals surface area contributed by atoms with Crippen LogP contribution < -0.4 is 0 Å². The lowest BCUT2D eigenvalue weighted by Crippen LogP contribution is -2.30. The number of hydrogen-bond acceptors (Lipinski definition) is 0. The van der Waals surface area contributed by atoms with Gasteiger partial charge in [0.1, 0.15) is 0 Å². The van der Waals surface area contributed by atoms with E-state index < -0.39 is 0 Å². The molecule has 0 radical (unpaired) electrons. The van der Waals surface area contributed by atoms with Gasteiger partial charge in [-0.25, -0.2) is 0 Å². The van der Waals surface area contributed by atoms with Crippen LogP contribution in [0, 0.1) is 17.3 Å². The minimum atomic E-state index is 0. The second-order valence-corrected chi connectivity index (χ2v) is 4.93. The fourth-order valence-corrected chi connectivity index (χ4v) is 3.33. The Morgan fingerprint density at radius 1 is 0.933 bits per heavy atom. The van der Waals surface area contributed by atoms with Gasteiger partial charge in [0.05, 0.1) is 0 Å². The smallest absolute Gasteiger partial charge is 0.0272 e. The van der Waals surface area contributed by atoms with E-state index in [1.54, 1.807) is 0 Å². The predicted molar refractivity (Wildman–Crippen MR) is 73.3 cm³/mol. The number of fused-ring (bicyclic) bond motifs is 1. The highest BCUT2D eigenvalue weighted by Crippen LogP contribution is 2.54. The lowest BCUT2D eigenvalue weighted by Gasteiger charge is -2.39. The standard InChI is InChI=1S/C11H20.C2H6.2CH4/c1-9-6-7-10-5-3-4-8-11(9,10)2;1-2;;/h9-10H,3-8H2,1-2H3;1-2H3;2*1H4/t9?,10?,11-;;;/m1.../s1. The number of rotatable bonds is 0. The first-order chi connectivity index (χ1) is 6.23. The molecule has 0 aromatic carbocycles. The molecule has 0 amide bonds. The molecule has 0 aromatic heterocycles. The Balaban J connectivity index is 0. The van der Waals surface area contributed by atoms with Crippen LogP contribution in [-0.4, -0.2) is 0 Å². The summed E-state index contributed by atoms with van der Waals surface area (Å²) in [5.41, 5.74) is 0.748. The first-order valence-electron chi connectivity index (χ1n) is 6.23. The summed E-state index contributed by atoms with van der Waals surface area (Å²) >= 11 is 0. The van der Waals surface area contributed by atoms with E-state index in [2.05, 4.69) is 13.8 Å². The average molecular weight is 214 g/mol. The summed E-state index contributed by atoms with van der Waals surface area (Å²) in [6, 6.07) is 0. The van der Waals surface area contributed by atoms with E-state index in [9.17, 15) is 0 Å². The van der Waals surface area contributed by atoms with Gasteiger partial charge >= 0.3 is 0 Å². The molecule has 0 saturated heterocycles. The molecule has 0 heteroatoms. The molecule has 0 aromatic rings. The summed E-state index contributed by atoms with van der Waals surface area (Å²) in [5, 5.41) is 0. The van der Waals surface area contributed by atoms with E-state index in [0.29, 0.717) is 0 Å². The van der Waals surface area contributed by atoms with Crippen molar-refractivity contribution >= 4 is 0 Å². The quantitative estimate of drug-likeness (QED) is 0.470. The molecule has 2 rings (SSSR count). The zero-order chi connectivity index (χ0) is 9.90. The Morgan fingerprint density at radius 3 is 2.07 bits per heavy atom. The van der Waals surface area contributed by atoms with Gasteiger partial charge in [-0.05, 0) is 42.9 Å². The van der Waals surface area contributed by atoms with E-state index in [1.165, 1.54) is 38.5 Å². The fourth-order valence-electron chi connectivity index (χ4n) is 3.33. The molecule has 3 atom stereocenters. The maximum absolute atomic E-state index is 2.54.